The monoisotopic (exact) mass is 337 g/mol. The van der Waals surface area contributed by atoms with Crippen molar-refractivity contribution in [1.82, 2.24) is 4.90 Å². The Labute approximate surface area is 138 Å². The fourth-order valence-corrected chi connectivity index (χ4v) is 4.37. The minimum Gasteiger partial charge on any atom is -0.543 e. The molecule has 0 spiro atoms. The van der Waals surface area contributed by atoms with Gasteiger partial charge in [-0.15, -0.1) is 11.8 Å². The summed E-state index contributed by atoms with van der Waals surface area (Å²) >= 11 is 1.50. The third-order valence-electron chi connectivity index (χ3n) is 4.06. The fraction of sp³-hybridized carbons (Fsp3) is 0.467. The molecule has 8 heteroatoms. The standard InChI is InChI=1S/C15H19N3O4S/c1-18(2,7-10-4-3-5-22-10)6-9-8-23-14-11(16)13(19)17(14)12(9)15(20)21/h3-5,11,14H,6-8,16H2,1-2H3. The maximum Gasteiger partial charge on any atom is 0.248 e. The lowest BCUT2D eigenvalue weighted by Gasteiger charge is -2.50. The van der Waals surface area contributed by atoms with E-state index in [1.807, 2.05) is 26.2 Å². The van der Waals surface area contributed by atoms with Crippen LogP contribution in [0.4, 0.5) is 0 Å². The van der Waals surface area contributed by atoms with Gasteiger partial charge in [0, 0.05) is 11.3 Å². The molecular weight excluding hydrogens is 318 g/mol. The van der Waals surface area contributed by atoms with E-state index in [9.17, 15) is 14.7 Å². The summed E-state index contributed by atoms with van der Waals surface area (Å²) in [6.45, 7) is 1.11. The number of nitrogens with two attached hydrogens (primary N) is 1. The van der Waals surface area contributed by atoms with Gasteiger partial charge in [-0.25, -0.2) is 0 Å². The minimum atomic E-state index is -1.32. The van der Waals surface area contributed by atoms with E-state index in [0.717, 1.165) is 5.76 Å². The maximum atomic E-state index is 11.9. The molecule has 2 unspecified atom stereocenters. The Balaban J connectivity index is 1.84. The zero-order valence-electron chi connectivity index (χ0n) is 13.0. The topological polar surface area (TPSA) is 99.6 Å². The number of carboxylic acids is 1. The third kappa shape index (κ3) is 2.89. The van der Waals surface area contributed by atoms with E-state index >= 15 is 0 Å². The summed E-state index contributed by atoms with van der Waals surface area (Å²) in [4.78, 5) is 24.8. The molecule has 0 bridgehead atoms. The van der Waals surface area contributed by atoms with Crippen LogP contribution in [0, 0.1) is 0 Å². The number of amides is 1. The molecule has 124 valence electrons. The normalized spacial score (nSPS) is 24.5. The van der Waals surface area contributed by atoms with E-state index in [2.05, 4.69) is 0 Å². The SMILES string of the molecule is C[N+](C)(CC1=C(C(=O)[O-])N2C(=O)C(N)C2SC1)Cc1ccco1. The summed E-state index contributed by atoms with van der Waals surface area (Å²) in [5.74, 6) is -0.307. The number of hydrogen-bond donors (Lipinski definition) is 1. The highest BCUT2D eigenvalue weighted by Crippen LogP contribution is 2.39. The van der Waals surface area contributed by atoms with Crippen molar-refractivity contribution in [3.8, 4) is 0 Å². The Bertz CT molecular complexity index is 668. The number of β-lactam (4-membered cyclic amide) rings is 1. The zero-order chi connectivity index (χ0) is 16.8. The molecule has 2 aliphatic rings. The van der Waals surface area contributed by atoms with E-state index in [-0.39, 0.29) is 17.0 Å². The van der Waals surface area contributed by atoms with Gasteiger partial charge in [-0.05, 0) is 12.1 Å². The highest BCUT2D eigenvalue weighted by atomic mass is 32.2. The number of fused-ring (bicyclic) bond motifs is 1. The Morgan fingerprint density at radius 3 is 2.87 bits per heavy atom. The molecule has 7 nitrogen and oxygen atoms in total. The van der Waals surface area contributed by atoms with Gasteiger partial charge in [-0.3, -0.25) is 9.69 Å². The Morgan fingerprint density at radius 1 is 1.52 bits per heavy atom. The average Bonchev–Trinajstić information content (AvgIpc) is 2.97. The largest absolute Gasteiger partial charge is 0.543 e. The number of thioether (sulfide) groups is 1. The smallest absolute Gasteiger partial charge is 0.248 e. The maximum absolute atomic E-state index is 11.9. The Kier molecular flexibility index (Phi) is 3.99. The second-order valence-electron chi connectivity index (χ2n) is 6.51. The summed E-state index contributed by atoms with van der Waals surface area (Å²) < 4.78 is 5.88. The van der Waals surface area contributed by atoms with Gasteiger partial charge >= 0.3 is 0 Å². The van der Waals surface area contributed by atoms with Crippen LogP contribution in [0.15, 0.2) is 34.1 Å². The number of likely N-dealkylation sites (N-methyl/N-ethyl adjacent to an activating group) is 1. The van der Waals surface area contributed by atoms with Gasteiger partial charge in [0.05, 0.1) is 32.0 Å². The van der Waals surface area contributed by atoms with E-state index in [1.165, 1.54) is 16.7 Å². The molecule has 1 aromatic heterocycles. The molecular formula is C15H19N3O4S. The quantitative estimate of drug-likeness (QED) is 0.552. The molecule has 0 aliphatic carbocycles. The lowest BCUT2D eigenvalue weighted by molar-refractivity contribution is -0.900. The number of carbonyl (C=O) groups excluding carboxylic acids is 2. The molecule has 0 aromatic carbocycles. The van der Waals surface area contributed by atoms with Crippen molar-refractivity contribution >= 4 is 23.6 Å². The number of hydrogen-bond acceptors (Lipinski definition) is 6. The summed E-state index contributed by atoms with van der Waals surface area (Å²) in [6.07, 6.45) is 1.61. The molecule has 2 N–H and O–H groups in total. The zero-order valence-corrected chi connectivity index (χ0v) is 13.8. The predicted octanol–water partition coefficient (Wildman–Crippen LogP) is -0.898. The van der Waals surface area contributed by atoms with Gasteiger partial charge in [-0.1, -0.05) is 0 Å². The van der Waals surface area contributed by atoms with Crippen LogP contribution in [0.5, 0.6) is 0 Å². The van der Waals surface area contributed by atoms with Crippen molar-refractivity contribution in [2.75, 3.05) is 26.4 Å². The molecule has 2 aliphatic heterocycles. The molecule has 0 saturated carbocycles. The number of quaternary nitrogens is 1. The lowest BCUT2D eigenvalue weighted by Crippen LogP contribution is -2.69. The first-order valence-electron chi connectivity index (χ1n) is 7.28. The third-order valence-corrected chi connectivity index (χ3v) is 5.43. The first-order valence-corrected chi connectivity index (χ1v) is 8.33. The van der Waals surface area contributed by atoms with Crippen molar-refractivity contribution in [2.24, 2.45) is 5.73 Å². The van der Waals surface area contributed by atoms with Crippen LogP contribution in [-0.2, 0) is 16.1 Å². The molecule has 1 aromatic rings. The number of carbonyl (C=O) groups is 2. The summed E-state index contributed by atoms with van der Waals surface area (Å²) in [6, 6.07) is 3.08. The van der Waals surface area contributed by atoms with Crippen LogP contribution >= 0.6 is 11.8 Å². The van der Waals surface area contributed by atoms with E-state index < -0.39 is 12.0 Å². The van der Waals surface area contributed by atoms with E-state index in [0.29, 0.717) is 28.9 Å². The second-order valence-corrected chi connectivity index (χ2v) is 7.61. The molecule has 1 fully saturated rings. The summed E-state index contributed by atoms with van der Waals surface area (Å²) in [7, 11) is 3.98. The molecule has 0 radical (unpaired) electrons. The molecule has 3 heterocycles. The first kappa shape index (κ1) is 16.1. The highest BCUT2D eigenvalue weighted by molar-refractivity contribution is 8.00. The predicted molar refractivity (Wildman–Crippen MR) is 82.5 cm³/mol. The van der Waals surface area contributed by atoms with Crippen LogP contribution in [0.25, 0.3) is 0 Å². The molecule has 1 amide bonds. The van der Waals surface area contributed by atoms with Crippen LogP contribution in [0.1, 0.15) is 5.76 Å². The molecule has 3 rings (SSSR count). The Hall–Kier alpha value is -1.77. The van der Waals surface area contributed by atoms with Crippen LogP contribution in [-0.4, -0.2) is 59.1 Å². The van der Waals surface area contributed by atoms with Crippen LogP contribution < -0.4 is 10.8 Å². The minimum absolute atomic E-state index is 0.00825. The van der Waals surface area contributed by atoms with Gasteiger partial charge < -0.3 is 24.5 Å². The molecule has 2 atom stereocenters. The average molecular weight is 337 g/mol. The van der Waals surface area contributed by atoms with Crippen molar-refractivity contribution in [1.29, 1.82) is 0 Å². The van der Waals surface area contributed by atoms with Gasteiger partial charge in [0.2, 0.25) is 5.91 Å². The van der Waals surface area contributed by atoms with Gasteiger partial charge in [-0.2, -0.15) is 0 Å². The van der Waals surface area contributed by atoms with Gasteiger partial charge in [0.15, 0.2) is 5.76 Å². The number of rotatable bonds is 5. The number of aliphatic carboxylic acids is 1. The Morgan fingerprint density at radius 2 is 2.26 bits per heavy atom. The van der Waals surface area contributed by atoms with Crippen LogP contribution in [0.3, 0.4) is 0 Å². The van der Waals surface area contributed by atoms with Crippen molar-refractivity contribution < 1.29 is 23.6 Å². The van der Waals surface area contributed by atoms with Crippen molar-refractivity contribution in [3.63, 3.8) is 0 Å². The van der Waals surface area contributed by atoms with Crippen LogP contribution in [0.2, 0.25) is 0 Å². The van der Waals surface area contributed by atoms with Gasteiger partial charge in [0.25, 0.3) is 0 Å². The van der Waals surface area contributed by atoms with E-state index in [1.54, 1.807) is 6.26 Å². The number of furan rings is 1. The van der Waals surface area contributed by atoms with E-state index in [4.69, 9.17) is 10.2 Å². The second kappa shape index (κ2) is 5.70. The number of carboxylic acid groups (broad SMARTS) is 1. The van der Waals surface area contributed by atoms with Gasteiger partial charge in [0.1, 0.15) is 24.5 Å². The molecule has 1 saturated heterocycles. The summed E-state index contributed by atoms with van der Waals surface area (Å²) in [5, 5.41) is 11.3. The lowest BCUT2D eigenvalue weighted by atomic mass is 10.0. The first-order chi connectivity index (χ1) is 10.8. The molecule has 23 heavy (non-hydrogen) atoms. The highest BCUT2D eigenvalue weighted by Gasteiger charge is 2.50. The van der Waals surface area contributed by atoms with Crippen molar-refractivity contribution in [2.45, 2.75) is 18.0 Å². The number of nitrogens with zero attached hydrogens (tertiary/aromatic N) is 2. The van der Waals surface area contributed by atoms with Crippen molar-refractivity contribution in [3.05, 3.63) is 35.4 Å². The fourth-order valence-electron chi connectivity index (χ4n) is 3.09. The summed E-state index contributed by atoms with van der Waals surface area (Å²) in [5.41, 5.74) is 6.43.